The van der Waals surface area contributed by atoms with E-state index in [2.05, 4.69) is 52.5 Å². The number of rotatable bonds is 5. The van der Waals surface area contributed by atoms with E-state index in [1.54, 1.807) is 4.68 Å². The van der Waals surface area contributed by atoms with Gasteiger partial charge >= 0.3 is 0 Å². The average molecular weight is 425 g/mol. The molecule has 0 atom stereocenters. The minimum atomic E-state index is 0.125. The van der Waals surface area contributed by atoms with Gasteiger partial charge in [-0.1, -0.05) is 60.7 Å². The third-order valence-electron chi connectivity index (χ3n) is 6.51. The van der Waals surface area contributed by atoms with Gasteiger partial charge in [-0.05, 0) is 54.9 Å². The summed E-state index contributed by atoms with van der Waals surface area (Å²) in [6.07, 6.45) is 5.01. The van der Waals surface area contributed by atoms with Crippen LogP contribution in [0.4, 0.5) is 0 Å². The van der Waals surface area contributed by atoms with Crippen molar-refractivity contribution in [1.29, 1.82) is 0 Å². The van der Waals surface area contributed by atoms with Crippen molar-refractivity contribution >= 4 is 16.9 Å². The highest BCUT2D eigenvalue weighted by atomic mass is 16.2. The van der Waals surface area contributed by atoms with Gasteiger partial charge < -0.3 is 4.90 Å². The van der Waals surface area contributed by atoms with Crippen LogP contribution >= 0.6 is 0 Å². The van der Waals surface area contributed by atoms with E-state index in [-0.39, 0.29) is 12.5 Å². The molecule has 0 radical (unpaired) electrons. The molecule has 0 unspecified atom stereocenters. The molecule has 1 aliphatic rings. The number of nitrogens with zero attached hydrogens (tertiary/aromatic N) is 4. The number of aromatic nitrogens is 3. The Morgan fingerprint density at radius 1 is 0.969 bits per heavy atom. The maximum Gasteiger partial charge on any atom is 0.244 e. The average Bonchev–Trinajstić information content (AvgIpc) is 3.16. The molecule has 162 valence electrons. The van der Waals surface area contributed by atoms with Gasteiger partial charge in [-0.25, -0.2) is 9.67 Å². The molecule has 5 heteroatoms. The van der Waals surface area contributed by atoms with Crippen LogP contribution in [0.3, 0.4) is 0 Å². The van der Waals surface area contributed by atoms with Crippen LogP contribution in [0, 0.1) is 12.8 Å². The number of aryl methyl sites for hydroxylation is 1. The summed E-state index contributed by atoms with van der Waals surface area (Å²) in [6.45, 7) is 3.86. The molecule has 1 aliphatic heterocycles. The van der Waals surface area contributed by atoms with Gasteiger partial charge in [-0.2, -0.15) is 5.10 Å². The fourth-order valence-electron chi connectivity index (χ4n) is 4.81. The summed E-state index contributed by atoms with van der Waals surface area (Å²) in [5.41, 5.74) is 5.30. The summed E-state index contributed by atoms with van der Waals surface area (Å²) in [5, 5.41) is 5.71. The Labute approximate surface area is 188 Å². The summed E-state index contributed by atoms with van der Waals surface area (Å²) >= 11 is 0. The Kier molecular flexibility index (Phi) is 5.71. The first-order valence-corrected chi connectivity index (χ1v) is 11.4. The van der Waals surface area contributed by atoms with Gasteiger partial charge in [-0.3, -0.25) is 4.79 Å². The van der Waals surface area contributed by atoms with Gasteiger partial charge in [0.05, 0.1) is 5.69 Å². The number of likely N-dealkylation sites (tertiary alicyclic amines) is 1. The maximum atomic E-state index is 13.1. The smallest absolute Gasteiger partial charge is 0.244 e. The third-order valence-corrected chi connectivity index (χ3v) is 6.51. The molecule has 0 spiro atoms. The van der Waals surface area contributed by atoms with Gasteiger partial charge in [0.1, 0.15) is 6.54 Å². The molecular weight excluding hydrogens is 396 g/mol. The van der Waals surface area contributed by atoms with Crippen LogP contribution in [-0.2, 0) is 17.8 Å². The second-order valence-corrected chi connectivity index (χ2v) is 8.68. The fourth-order valence-corrected chi connectivity index (χ4v) is 4.81. The molecule has 1 saturated heterocycles. The molecule has 0 aliphatic carbocycles. The Morgan fingerprint density at radius 3 is 2.38 bits per heavy atom. The molecule has 0 N–H and O–H groups in total. The molecule has 32 heavy (non-hydrogen) atoms. The molecule has 2 aromatic heterocycles. The number of hydrogen-bond donors (Lipinski definition) is 0. The minimum absolute atomic E-state index is 0.125. The van der Waals surface area contributed by atoms with Crippen LogP contribution in [-0.4, -0.2) is 38.7 Å². The number of carbonyl (C=O) groups excluding carboxylic acids is 1. The van der Waals surface area contributed by atoms with Crippen LogP contribution < -0.4 is 0 Å². The van der Waals surface area contributed by atoms with Crippen LogP contribution in [0.15, 0.2) is 72.9 Å². The standard InChI is InChI=1S/C27H28N4O/c1-20-26-24(23-10-6-3-7-11-23)12-15-28-27(26)31(29-20)19-25(32)30-16-13-22(14-17-30)18-21-8-4-2-5-9-21/h2-12,15,22H,13-14,16-19H2,1H3. The van der Waals surface area contributed by atoms with Crippen molar-refractivity contribution in [3.63, 3.8) is 0 Å². The Bertz CT molecular complexity index is 1210. The highest BCUT2D eigenvalue weighted by Gasteiger charge is 2.24. The lowest BCUT2D eigenvalue weighted by molar-refractivity contribution is -0.133. The van der Waals surface area contributed by atoms with E-state index >= 15 is 0 Å². The first-order valence-electron chi connectivity index (χ1n) is 11.4. The molecule has 3 heterocycles. The normalized spacial score (nSPS) is 14.7. The quantitative estimate of drug-likeness (QED) is 0.458. The molecule has 5 nitrogen and oxygen atoms in total. The topological polar surface area (TPSA) is 51.0 Å². The fraction of sp³-hybridized carbons (Fsp3) is 0.296. The van der Waals surface area contributed by atoms with Gasteiger partial charge in [0.2, 0.25) is 5.91 Å². The zero-order valence-electron chi connectivity index (χ0n) is 18.4. The number of amides is 1. The van der Waals surface area contributed by atoms with Gasteiger partial charge in [0, 0.05) is 24.7 Å². The second kappa shape index (κ2) is 8.95. The lowest BCUT2D eigenvalue weighted by atomic mass is 9.90. The SMILES string of the molecule is Cc1nn(CC(=O)N2CCC(Cc3ccccc3)CC2)c2nccc(-c3ccccc3)c12. The van der Waals surface area contributed by atoms with E-state index in [0.29, 0.717) is 5.92 Å². The Hall–Kier alpha value is -3.47. The van der Waals surface area contributed by atoms with Crippen molar-refractivity contribution in [3.05, 3.63) is 84.2 Å². The van der Waals surface area contributed by atoms with E-state index < -0.39 is 0 Å². The zero-order chi connectivity index (χ0) is 21.9. The van der Waals surface area contributed by atoms with E-state index in [1.807, 2.05) is 42.3 Å². The highest BCUT2D eigenvalue weighted by molar-refractivity contribution is 5.95. The van der Waals surface area contributed by atoms with Crippen molar-refractivity contribution in [3.8, 4) is 11.1 Å². The van der Waals surface area contributed by atoms with Crippen molar-refractivity contribution in [1.82, 2.24) is 19.7 Å². The predicted molar refractivity (Wildman–Crippen MR) is 127 cm³/mol. The highest BCUT2D eigenvalue weighted by Crippen LogP contribution is 2.30. The second-order valence-electron chi connectivity index (χ2n) is 8.68. The van der Waals surface area contributed by atoms with Crippen LogP contribution in [0.25, 0.3) is 22.2 Å². The molecule has 4 aromatic rings. The summed E-state index contributed by atoms with van der Waals surface area (Å²) in [6, 6.07) is 22.9. The molecule has 0 saturated carbocycles. The molecule has 0 bridgehead atoms. The summed E-state index contributed by atoms with van der Waals surface area (Å²) < 4.78 is 1.77. The maximum absolute atomic E-state index is 13.1. The van der Waals surface area contributed by atoms with Gasteiger partial charge in [-0.15, -0.1) is 0 Å². The first kappa shape index (κ1) is 20.4. The van der Waals surface area contributed by atoms with Crippen LogP contribution in [0.1, 0.15) is 24.1 Å². The summed E-state index contributed by atoms with van der Waals surface area (Å²) in [4.78, 5) is 19.6. The number of piperidine rings is 1. The van der Waals surface area contributed by atoms with Crippen LogP contribution in [0.2, 0.25) is 0 Å². The van der Waals surface area contributed by atoms with Gasteiger partial charge in [0.15, 0.2) is 5.65 Å². The third kappa shape index (κ3) is 4.15. The largest absolute Gasteiger partial charge is 0.341 e. The lowest BCUT2D eigenvalue weighted by Crippen LogP contribution is -2.40. The molecule has 1 amide bonds. The van der Waals surface area contributed by atoms with Crippen molar-refractivity contribution in [2.45, 2.75) is 32.7 Å². The zero-order valence-corrected chi connectivity index (χ0v) is 18.4. The minimum Gasteiger partial charge on any atom is -0.341 e. The van der Waals surface area contributed by atoms with Crippen LogP contribution in [0.5, 0.6) is 0 Å². The summed E-state index contributed by atoms with van der Waals surface area (Å²) in [7, 11) is 0. The van der Waals surface area contributed by atoms with Crippen molar-refractivity contribution < 1.29 is 4.79 Å². The number of hydrogen-bond acceptors (Lipinski definition) is 3. The molecular formula is C27H28N4O. The van der Waals surface area contributed by atoms with Crippen molar-refractivity contribution in [2.75, 3.05) is 13.1 Å². The van der Waals surface area contributed by atoms with E-state index in [9.17, 15) is 4.79 Å². The first-order chi connectivity index (χ1) is 15.7. The summed E-state index contributed by atoms with van der Waals surface area (Å²) in [5.74, 6) is 0.767. The Morgan fingerprint density at radius 2 is 1.66 bits per heavy atom. The predicted octanol–water partition coefficient (Wildman–Crippen LogP) is 4.89. The van der Waals surface area contributed by atoms with Crippen molar-refractivity contribution in [2.24, 2.45) is 5.92 Å². The Balaban J connectivity index is 1.29. The number of benzene rings is 2. The number of pyridine rings is 1. The van der Waals surface area contributed by atoms with E-state index in [0.717, 1.165) is 60.2 Å². The number of carbonyl (C=O) groups is 1. The molecule has 5 rings (SSSR count). The molecule has 2 aromatic carbocycles. The van der Waals surface area contributed by atoms with Gasteiger partial charge in [0.25, 0.3) is 0 Å². The monoisotopic (exact) mass is 424 g/mol. The number of fused-ring (bicyclic) bond motifs is 1. The lowest BCUT2D eigenvalue weighted by Gasteiger charge is -2.32. The molecule has 1 fully saturated rings. The van der Waals surface area contributed by atoms with E-state index in [1.165, 1.54) is 5.56 Å². The van der Waals surface area contributed by atoms with E-state index in [4.69, 9.17) is 0 Å².